The van der Waals surface area contributed by atoms with E-state index < -0.39 is 225 Å². The van der Waals surface area contributed by atoms with Gasteiger partial charge in [-0.2, -0.15) is 0 Å². The highest BCUT2D eigenvalue weighted by atomic mass is 33.1. The molecule has 1 fully saturated rings. The second-order valence-electron chi connectivity index (χ2n) is 34.9. The van der Waals surface area contributed by atoms with Crippen LogP contribution in [0.2, 0.25) is 0 Å². The fraction of sp³-hybridized carbons (Fsp3) is 0.583. The number of nitrogens with one attached hydrogen (secondary N) is 7. The smallest absolute Gasteiger partial charge is 0.407 e. The van der Waals surface area contributed by atoms with Crippen molar-refractivity contribution in [1.82, 2.24) is 52.0 Å². The number of thiazole rings is 1. The van der Waals surface area contributed by atoms with E-state index in [4.69, 9.17) is 25.1 Å². The first-order chi connectivity index (χ1) is 65.7. The number of alkyl carbamates (subject to hydrolysis) is 1. The van der Waals surface area contributed by atoms with Gasteiger partial charge in [0.1, 0.15) is 34.9 Å². The lowest BCUT2D eigenvalue weighted by atomic mass is 9.82. The van der Waals surface area contributed by atoms with Crippen LogP contribution in [0.4, 0.5) is 9.59 Å². The van der Waals surface area contributed by atoms with E-state index >= 15 is 4.79 Å². The van der Waals surface area contributed by atoms with E-state index in [0.29, 0.717) is 61.6 Å². The van der Waals surface area contributed by atoms with E-state index in [1.54, 1.807) is 79.7 Å². The standard InChI is InChI=1S/C96H135N11O28S3/c1-9-23-88(122)133-56-107(92(125)70(59(5)10-2)50-80(114)75-28-20-22-39-106(75)8)76(58(3)4)51-82(135-61(7)109)91-103-74(55-136-91)90(124)101-68(44-64-30-32-69(110)33-31-64)42-60(6)81(115)53-100-96(131)132-40-41-137-138-54-67(93(126)127)48-77(111)65(49-87(120)121)46-78(112)71(97)52-99-89(123)66(43-62-24-15-13-16-25-62)47-79(113)73(45-63-26-17-14-18-27-63)102-84(117)29-19-11-12-21-38-98-83(116)35-34-72(94(128)129)104-95(130)105-85(134-57-108)36-37-86(118)119/h13-18,24-27,30-33,55,57-60,65-68,70-73,75-76,82,85,110H,9-12,19-23,28-29,34-54,56,97H2,1-8H3,(H,98,116)(H,99,123)(H,100,131)(H,101,124)(H,102,117)(H,118,119)(H,120,121)(H,126,127)(H,128,129)(H2,104,105,130)/t59?,60-,65-,66+,67-,68+,70-,71-,72-,73-,75+,76+,82+,85+/m0/s1. The third kappa shape index (κ3) is 44.4. The first-order valence-corrected chi connectivity index (χ1v) is 49.9. The molecule has 1 saturated heterocycles. The Kier molecular flexibility index (Phi) is 53.2. The number of unbranched alkanes of at least 4 members (excludes halogenated alkanes) is 3. The maximum absolute atomic E-state index is 15.1. The number of rotatable bonds is 69. The van der Waals surface area contributed by atoms with E-state index in [2.05, 4.69) is 46.9 Å². The summed E-state index contributed by atoms with van der Waals surface area (Å²) in [5.41, 5.74) is 8.28. The number of phenolic OH excluding ortho intramolecular Hbond substituents is 1. The predicted molar refractivity (Wildman–Crippen MR) is 510 cm³/mol. The predicted octanol–water partition coefficient (Wildman–Crippen LogP) is 8.81. The molecule has 14 N–H and O–H groups in total. The molecule has 0 aliphatic carbocycles. The van der Waals surface area contributed by atoms with Crippen molar-refractivity contribution in [1.29, 1.82) is 0 Å². The molecule has 1 aromatic heterocycles. The van der Waals surface area contributed by atoms with Crippen LogP contribution in [-0.4, -0.2) is 254 Å². The van der Waals surface area contributed by atoms with Crippen molar-refractivity contribution in [3.05, 3.63) is 118 Å². The van der Waals surface area contributed by atoms with Crippen molar-refractivity contribution in [2.75, 3.05) is 58.1 Å². The van der Waals surface area contributed by atoms with E-state index in [-0.39, 0.29) is 142 Å². The minimum absolute atomic E-state index is 0.00267. The molecule has 1 unspecified atom stereocenters. The van der Waals surface area contributed by atoms with Gasteiger partial charge in [-0.25, -0.2) is 19.4 Å². The molecule has 760 valence electrons. The molecule has 3 aromatic carbocycles. The summed E-state index contributed by atoms with van der Waals surface area (Å²) in [7, 11) is 3.99. The Morgan fingerprint density at radius 3 is 1.92 bits per heavy atom. The Labute approximate surface area is 815 Å². The van der Waals surface area contributed by atoms with E-state index in [9.17, 15) is 107 Å². The number of hydrogen-bond acceptors (Lipinski definition) is 30. The monoisotopic (exact) mass is 1990 g/mol. The van der Waals surface area contributed by atoms with Gasteiger partial charge in [-0.05, 0) is 118 Å². The quantitative estimate of drug-likeness (QED) is 0.00490. The number of carboxylic acid groups (broad SMARTS) is 4. The van der Waals surface area contributed by atoms with Gasteiger partial charge in [0.05, 0.1) is 43.4 Å². The number of aromatic nitrogens is 1. The Hall–Kier alpha value is -11.8. The molecular weight excluding hydrogens is 1850 g/mol. The number of likely N-dealkylation sites (N-methyl/N-ethyl adjacent to an activating group) is 1. The number of piperidine rings is 1. The fourth-order valence-electron chi connectivity index (χ4n) is 15.6. The Morgan fingerprint density at radius 2 is 1.30 bits per heavy atom. The number of phenols is 1. The molecule has 0 spiro atoms. The van der Waals surface area contributed by atoms with Crippen LogP contribution in [0.15, 0.2) is 90.3 Å². The van der Waals surface area contributed by atoms with Gasteiger partial charge in [-0.15, -0.1) is 11.3 Å². The zero-order chi connectivity index (χ0) is 102. The number of hydrogen-bond donors (Lipinski definition) is 13. The van der Waals surface area contributed by atoms with Crippen molar-refractivity contribution in [3.8, 4) is 5.75 Å². The topological polar surface area (TPSA) is 592 Å². The molecule has 1 aliphatic rings. The van der Waals surface area contributed by atoms with Crippen LogP contribution in [0.25, 0.3) is 0 Å². The molecule has 4 aromatic rings. The number of amides is 8. The van der Waals surface area contributed by atoms with E-state index in [1.807, 2.05) is 46.6 Å². The average molecular weight is 1990 g/mol. The number of carbonyl (C=O) groups excluding carboxylic acids is 15. The van der Waals surface area contributed by atoms with Gasteiger partial charge in [0.15, 0.2) is 42.2 Å². The number of carbonyl (C=O) groups is 19. The molecule has 14 atom stereocenters. The number of urea groups is 1. The summed E-state index contributed by atoms with van der Waals surface area (Å²) in [6.45, 7) is 11.5. The van der Waals surface area contributed by atoms with Crippen LogP contribution in [0.5, 0.6) is 5.75 Å². The number of nitrogens with zero attached hydrogens (tertiary/aromatic N) is 3. The average Bonchev–Trinajstić information content (AvgIpc) is 1.20. The van der Waals surface area contributed by atoms with Crippen LogP contribution in [-0.2, 0) is 115 Å². The van der Waals surface area contributed by atoms with Crippen LogP contribution < -0.4 is 43.0 Å². The van der Waals surface area contributed by atoms with E-state index in [1.165, 1.54) is 29.3 Å². The van der Waals surface area contributed by atoms with Crippen LogP contribution >= 0.6 is 32.9 Å². The number of esters is 2. The van der Waals surface area contributed by atoms with Crippen molar-refractivity contribution in [2.45, 2.75) is 258 Å². The molecule has 138 heavy (non-hydrogen) atoms. The third-order valence-electron chi connectivity index (χ3n) is 23.6. The lowest BCUT2D eigenvalue weighted by Gasteiger charge is -2.39. The molecule has 2 heterocycles. The first kappa shape index (κ1) is 117. The van der Waals surface area contributed by atoms with Gasteiger partial charge in [-0.3, -0.25) is 81.6 Å². The molecule has 42 heteroatoms. The van der Waals surface area contributed by atoms with Crippen LogP contribution in [0.3, 0.4) is 0 Å². The van der Waals surface area contributed by atoms with Crippen LogP contribution in [0.1, 0.15) is 228 Å². The van der Waals surface area contributed by atoms with Gasteiger partial charge in [-0.1, -0.05) is 162 Å². The molecule has 5 rings (SSSR count). The van der Waals surface area contributed by atoms with Gasteiger partial charge >= 0.3 is 47.9 Å². The first-order valence-electron chi connectivity index (χ1n) is 46.6. The number of ketones is 5. The second-order valence-corrected chi connectivity index (χ2v) is 38.4. The molecule has 39 nitrogen and oxygen atoms in total. The minimum atomic E-state index is -1.53. The zero-order valence-electron chi connectivity index (χ0n) is 79.5. The zero-order valence-corrected chi connectivity index (χ0v) is 82.0. The SMILES string of the molecule is CCCC(=O)OCN(C(=O)[C@@H](CC(=O)[C@H]1CCCCN1C)C(C)CC)[C@H](C[C@@H](OC(C)=O)c1nc(C(=O)N[C@@H](Cc2ccc(O)cc2)C[C@H](C)C(=O)CNC(=O)OCCSSC[C@H](CC(=O)[C@H](CC(=O)O)CC(=O)[C@@H](N)CNC(=O)[C@@H](CC(=O)[C@H](Cc2ccccc2)NC(=O)CCCCCCNC(=O)CC[C@H](NC(=O)N[C@@H](CCC(=O)O)OC=O)C(=O)O)Cc2ccccc2)C(=O)O)cs1)C(C)C. The summed E-state index contributed by atoms with van der Waals surface area (Å²) in [4.78, 5) is 257. The minimum Gasteiger partial charge on any atom is -0.508 e. The third-order valence-corrected chi connectivity index (χ3v) is 27.0. The lowest BCUT2D eigenvalue weighted by molar-refractivity contribution is -0.162. The summed E-state index contributed by atoms with van der Waals surface area (Å²) < 4.78 is 21.6. The van der Waals surface area contributed by atoms with Crippen molar-refractivity contribution >= 4 is 146 Å². The van der Waals surface area contributed by atoms with Gasteiger partial charge < -0.3 is 92.3 Å². The molecule has 1 aliphatic heterocycles. The number of aromatic hydroxyl groups is 1. The van der Waals surface area contributed by atoms with Crippen molar-refractivity contribution in [2.24, 2.45) is 47.2 Å². The highest BCUT2D eigenvalue weighted by Crippen LogP contribution is 2.35. The Balaban J connectivity index is 1.11. The largest absolute Gasteiger partial charge is 0.508 e. The maximum Gasteiger partial charge on any atom is 0.407 e. The van der Waals surface area contributed by atoms with Gasteiger partial charge in [0.25, 0.3) is 12.4 Å². The number of ether oxygens (including phenoxy) is 4. The van der Waals surface area contributed by atoms with Crippen molar-refractivity contribution < 1.29 is 136 Å². The van der Waals surface area contributed by atoms with Crippen LogP contribution in [0, 0.1) is 41.4 Å². The Bertz CT molecular complexity index is 4670. The number of aliphatic carboxylic acids is 4. The van der Waals surface area contributed by atoms with Gasteiger partial charge in [0.2, 0.25) is 23.6 Å². The highest BCUT2D eigenvalue weighted by Gasteiger charge is 2.41. The summed E-state index contributed by atoms with van der Waals surface area (Å²) in [5, 5.41) is 68.2. The molecule has 0 bridgehead atoms. The highest BCUT2D eigenvalue weighted by molar-refractivity contribution is 8.76. The molecular formula is C96H135N11O28S3. The van der Waals surface area contributed by atoms with Gasteiger partial charge in [0, 0.05) is 130 Å². The summed E-state index contributed by atoms with van der Waals surface area (Å²) >= 11 is 1.03. The second kappa shape index (κ2) is 63.0. The van der Waals surface area contributed by atoms with Crippen molar-refractivity contribution in [3.63, 3.8) is 0 Å². The van der Waals surface area contributed by atoms with E-state index in [0.717, 1.165) is 52.3 Å². The molecule has 8 amide bonds. The summed E-state index contributed by atoms with van der Waals surface area (Å²) in [6.07, 6.45) is -1.65. The normalized spacial score (nSPS) is 15.3. The summed E-state index contributed by atoms with van der Waals surface area (Å²) in [6, 6.07) is 16.7. The number of likely N-dealkylation sites (tertiary alicyclic amines) is 1. The number of benzene rings is 3. The maximum atomic E-state index is 15.1. The fourth-order valence-corrected chi connectivity index (χ4v) is 18.5. The summed E-state index contributed by atoms with van der Waals surface area (Å²) in [5.74, 6) is -18.4. The number of carboxylic acids is 4. The lowest BCUT2D eigenvalue weighted by Crippen LogP contribution is -2.50. The number of nitrogens with two attached hydrogens (primary N) is 1. The Morgan fingerprint density at radius 1 is 0.638 bits per heavy atom. The number of Topliss-reactive ketones (excluding diaryl/α,β-unsaturated/α-hetero) is 5. The molecule has 0 saturated carbocycles. The molecule has 0 radical (unpaired) electrons.